The fourth-order valence-corrected chi connectivity index (χ4v) is 2.86. The Hall–Kier alpha value is -1.34. The standard InChI is InChI=1S/C10H12N4OS2/c1-3-11-8-7(15-2)9(14-6-13-8)17-10-12-4-5-16-10/h4-6H,3H2,1-2H3,(H,11,13,14). The van der Waals surface area contributed by atoms with Crippen molar-refractivity contribution in [1.82, 2.24) is 15.0 Å². The van der Waals surface area contributed by atoms with Crippen LogP contribution in [0.2, 0.25) is 0 Å². The summed E-state index contributed by atoms with van der Waals surface area (Å²) >= 11 is 3.05. The summed E-state index contributed by atoms with van der Waals surface area (Å²) in [5, 5.41) is 5.84. The second-order valence-corrected chi connectivity index (χ2v) is 5.12. The Balaban J connectivity index is 2.29. The van der Waals surface area contributed by atoms with Crippen LogP contribution in [0.4, 0.5) is 5.82 Å². The molecular weight excluding hydrogens is 256 g/mol. The van der Waals surface area contributed by atoms with Gasteiger partial charge in [-0.2, -0.15) is 0 Å². The predicted molar refractivity (Wildman–Crippen MR) is 69.0 cm³/mol. The van der Waals surface area contributed by atoms with Crippen molar-refractivity contribution in [3.8, 4) is 5.75 Å². The molecule has 0 aliphatic rings. The highest BCUT2D eigenvalue weighted by Crippen LogP contribution is 2.37. The first-order valence-electron chi connectivity index (χ1n) is 5.05. The molecule has 0 bridgehead atoms. The molecule has 0 atom stereocenters. The highest BCUT2D eigenvalue weighted by Gasteiger charge is 2.13. The summed E-state index contributed by atoms with van der Waals surface area (Å²) in [7, 11) is 1.62. The van der Waals surface area contributed by atoms with Crippen LogP contribution in [0.1, 0.15) is 6.92 Å². The number of methoxy groups -OCH3 is 1. The van der Waals surface area contributed by atoms with Gasteiger partial charge in [-0.15, -0.1) is 11.3 Å². The molecule has 2 aromatic heterocycles. The second-order valence-electron chi connectivity index (χ2n) is 2.99. The minimum atomic E-state index is 0.662. The van der Waals surface area contributed by atoms with Gasteiger partial charge in [0.05, 0.1) is 7.11 Å². The van der Waals surface area contributed by atoms with E-state index in [1.54, 1.807) is 24.6 Å². The van der Waals surface area contributed by atoms with E-state index >= 15 is 0 Å². The zero-order valence-electron chi connectivity index (χ0n) is 9.51. The molecule has 0 saturated carbocycles. The van der Waals surface area contributed by atoms with Crippen LogP contribution in [-0.2, 0) is 0 Å². The number of anilines is 1. The highest BCUT2D eigenvalue weighted by atomic mass is 32.2. The first-order valence-corrected chi connectivity index (χ1v) is 6.75. The Morgan fingerprint density at radius 2 is 2.29 bits per heavy atom. The second kappa shape index (κ2) is 5.83. The van der Waals surface area contributed by atoms with Crippen LogP contribution in [0.15, 0.2) is 27.3 Å². The smallest absolute Gasteiger partial charge is 0.194 e. The third kappa shape index (κ3) is 2.86. The molecule has 17 heavy (non-hydrogen) atoms. The highest BCUT2D eigenvalue weighted by molar-refractivity contribution is 8.01. The molecule has 0 saturated heterocycles. The van der Waals surface area contributed by atoms with Gasteiger partial charge in [0.25, 0.3) is 0 Å². The van der Waals surface area contributed by atoms with Gasteiger partial charge < -0.3 is 10.1 Å². The monoisotopic (exact) mass is 268 g/mol. The van der Waals surface area contributed by atoms with Crippen molar-refractivity contribution in [3.05, 3.63) is 17.9 Å². The van der Waals surface area contributed by atoms with Crippen molar-refractivity contribution in [2.45, 2.75) is 16.3 Å². The van der Waals surface area contributed by atoms with Crippen LogP contribution < -0.4 is 10.1 Å². The Morgan fingerprint density at radius 1 is 1.41 bits per heavy atom. The van der Waals surface area contributed by atoms with E-state index < -0.39 is 0 Å². The topological polar surface area (TPSA) is 59.9 Å². The Morgan fingerprint density at radius 3 is 2.94 bits per heavy atom. The number of thiazole rings is 1. The van der Waals surface area contributed by atoms with Crippen molar-refractivity contribution in [3.63, 3.8) is 0 Å². The van der Waals surface area contributed by atoms with Crippen LogP contribution >= 0.6 is 23.1 Å². The number of ether oxygens (including phenoxy) is 1. The molecule has 5 nitrogen and oxygen atoms in total. The first kappa shape index (κ1) is 12.1. The SMILES string of the molecule is CCNc1ncnc(Sc2nccs2)c1OC. The zero-order valence-corrected chi connectivity index (χ0v) is 11.1. The summed E-state index contributed by atoms with van der Waals surface area (Å²) in [4.78, 5) is 12.6. The Labute approximate surface area is 108 Å². The molecule has 0 fully saturated rings. The van der Waals surface area contributed by atoms with Crippen molar-refractivity contribution in [2.24, 2.45) is 0 Å². The third-order valence-corrected chi connectivity index (χ3v) is 3.78. The number of rotatable bonds is 5. The van der Waals surface area contributed by atoms with Gasteiger partial charge in [0, 0.05) is 18.1 Å². The first-order chi connectivity index (χ1) is 8.35. The Kier molecular flexibility index (Phi) is 4.16. The van der Waals surface area contributed by atoms with E-state index in [2.05, 4.69) is 20.3 Å². The quantitative estimate of drug-likeness (QED) is 0.841. The molecule has 0 unspecified atom stereocenters. The largest absolute Gasteiger partial charge is 0.490 e. The fraction of sp³-hybridized carbons (Fsp3) is 0.300. The summed E-state index contributed by atoms with van der Waals surface area (Å²) in [5.74, 6) is 1.37. The normalized spacial score (nSPS) is 10.2. The Bertz CT molecular complexity index is 475. The molecule has 0 aromatic carbocycles. The predicted octanol–water partition coefficient (Wildman–Crippen LogP) is 2.52. The minimum Gasteiger partial charge on any atom is -0.490 e. The summed E-state index contributed by atoms with van der Waals surface area (Å²) in [6.07, 6.45) is 3.29. The van der Waals surface area contributed by atoms with Crippen LogP contribution in [0, 0.1) is 0 Å². The van der Waals surface area contributed by atoms with E-state index in [9.17, 15) is 0 Å². The van der Waals surface area contributed by atoms with E-state index in [0.29, 0.717) is 11.6 Å². The van der Waals surface area contributed by atoms with Gasteiger partial charge in [0.1, 0.15) is 6.33 Å². The average molecular weight is 268 g/mol. The van der Waals surface area contributed by atoms with Crippen molar-refractivity contribution in [2.75, 3.05) is 19.0 Å². The van der Waals surface area contributed by atoms with E-state index in [1.165, 1.54) is 18.1 Å². The molecule has 0 amide bonds. The summed E-state index contributed by atoms with van der Waals surface area (Å²) in [6.45, 7) is 2.80. The summed E-state index contributed by atoms with van der Waals surface area (Å²) < 4.78 is 6.28. The maximum atomic E-state index is 5.35. The zero-order chi connectivity index (χ0) is 12.1. The van der Waals surface area contributed by atoms with Gasteiger partial charge in [-0.1, -0.05) is 0 Å². The van der Waals surface area contributed by atoms with Gasteiger partial charge >= 0.3 is 0 Å². The summed E-state index contributed by atoms with van der Waals surface area (Å²) in [5.41, 5.74) is 0. The fourth-order valence-electron chi connectivity index (χ4n) is 1.25. The van der Waals surface area contributed by atoms with Crippen LogP contribution in [0.5, 0.6) is 5.75 Å². The molecular formula is C10H12N4OS2. The number of hydrogen-bond donors (Lipinski definition) is 1. The number of nitrogens with one attached hydrogen (secondary N) is 1. The van der Waals surface area contributed by atoms with E-state index in [4.69, 9.17) is 4.74 Å². The molecule has 0 aliphatic heterocycles. The minimum absolute atomic E-state index is 0.662. The molecule has 2 heterocycles. The van der Waals surface area contributed by atoms with Crippen molar-refractivity contribution in [1.29, 1.82) is 0 Å². The van der Waals surface area contributed by atoms with Crippen molar-refractivity contribution < 1.29 is 4.74 Å². The van der Waals surface area contributed by atoms with E-state index in [0.717, 1.165) is 15.9 Å². The number of aromatic nitrogens is 3. The van der Waals surface area contributed by atoms with Gasteiger partial charge in [-0.3, -0.25) is 0 Å². The maximum Gasteiger partial charge on any atom is 0.194 e. The van der Waals surface area contributed by atoms with E-state index in [1.807, 2.05) is 12.3 Å². The van der Waals surface area contributed by atoms with Gasteiger partial charge in [0.15, 0.2) is 20.9 Å². The molecule has 0 spiro atoms. The molecule has 90 valence electrons. The number of hydrogen-bond acceptors (Lipinski definition) is 7. The van der Waals surface area contributed by atoms with Gasteiger partial charge in [-0.25, -0.2) is 15.0 Å². The van der Waals surface area contributed by atoms with Crippen LogP contribution in [-0.4, -0.2) is 28.6 Å². The lowest BCUT2D eigenvalue weighted by Gasteiger charge is -2.10. The lowest BCUT2D eigenvalue weighted by atomic mass is 10.5. The average Bonchev–Trinajstić information content (AvgIpc) is 2.83. The molecule has 1 N–H and O–H groups in total. The number of nitrogens with zero attached hydrogens (tertiary/aromatic N) is 3. The molecule has 0 aliphatic carbocycles. The van der Waals surface area contributed by atoms with E-state index in [-0.39, 0.29) is 0 Å². The molecule has 7 heteroatoms. The lowest BCUT2D eigenvalue weighted by molar-refractivity contribution is 0.400. The molecule has 2 aromatic rings. The third-order valence-electron chi connectivity index (χ3n) is 1.91. The van der Waals surface area contributed by atoms with Crippen LogP contribution in [0.25, 0.3) is 0 Å². The molecule has 0 radical (unpaired) electrons. The maximum absolute atomic E-state index is 5.35. The van der Waals surface area contributed by atoms with Gasteiger partial charge in [0.2, 0.25) is 0 Å². The van der Waals surface area contributed by atoms with Crippen molar-refractivity contribution >= 4 is 28.9 Å². The molecule has 2 rings (SSSR count). The van der Waals surface area contributed by atoms with Gasteiger partial charge in [-0.05, 0) is 18.7 Å². The summed E-state index contributed by atoms with van der Waals surface area (Å²) in [6, 6.07) is 0. The van der Waals surface area contributed by atoms with Crippen LogP contribution in [0.3, 0.4) is 0 Å². The lowest BCUT2D eigenvalue weighted by Crippen LogP contribution is -2.03.